The van der Waals surface area contributed by atoms with Crippen molar-refractivity contribution < 1.29 is 14.6 Å². The first-order chi connectivity index (χ1) is 9.61. The van der Waals surface area contributed by atoms with E-state index < -0.39 is 5.97 Å². The van der Waals surface area contributed by atoms with Gasteiger partial charge in [-0.3, -0.25) is 0 Å². The van der Waals surface area contributed by atoms with Crippen molar-refractivity contribution in [1.29, 1.82) is 0 Å². The predicted octanol–water partition coefficient (Wildman–Crippen LogP) is 4.34. The summed E-state index contributed by atoms with van der Waals surface area (Å²) in [5.41, 5.74) is 0.760. The summed E-state index contributed by atoms with van der Waals surface area (Å²) in [5, 5.41) is 11.6. The van der Waals surface area contributed by atoms with Gasteiger partial charge in [0, 0.05) is 10.4 Å². The molecule has 0 unspecified atom stereocenters. The van der Waals surface area contributed by atoms with Crippen LogP contribution in [-0.4, -0.2) is 22.7 Å². The van der Waals surface area contributed by atoms with Gasteiger partial charge in [0.2, 0.25) is 0 Å². The molecule has 0 aliphatic rings. The van der Waals surface area contributed by atoms with Gasteiger partial charge in [-0.2, -0.15) is 0 Å². The second-order valence-electron chi connectivity index (χ2n) is 4.19. The number of benzene rings is 1. The van der Waals surface area contributed by atoms with Gasteiger partial charge in [0.25, 0.3) is 0 Å². The Morgan fingerprint density at radius 1 is 1.50 bits per heavy atom. The van der Waals surface area contributed by atoms with Crippen molar-refractivity contribution in [2.45, 2.75) is 19.8 Å². The van der Waals surface area contributed by atoms with Crippen molar-refractivity contribution in [2.75, 3.05) is 6.61 Å². The van der Waals surface area contributed by atoms with Crippen molar-refractivity contribution in [2.24, 2.45) is 0 Å². The minimum Gasteiger partial charge on any atom is -0.493 e. The summed E-state index contributed by atoms with van der Waals surface area (Å²) in [6.07, 6.45) is 2.00. The van der Waals surface area contributed by atoms with Crippen molar-refractivity contribution >= 4 is 28.9 Å². The van der Waals surface area contributed by atoms with Gasteiger partial charge >= 0.3 is 5.97 Å². The van der Waals surface area contributed by atoms with Gasteiger partial charge in [-0.25, -0.2) is 9.78 Å². The highest BCUT2D eigenvalue weighted by Gasteiger charge is 2.14. The number of aromatic nitrogens is 1. The number of carboxylic acids is 1. The summed E-state index contributed by atoms with van der Waals surface area (Å²) < 4.78 is 5.72. The number of carboxylic acid groups (broad SMARTS) is 1. The normalized spacial score (nSPS) is 10.5. The van der Waals surface area contributed by atoms with Gasteiger partial charge in [0.05, 0.1) is 12.2 Å². The molecule has 2 aromatic rings. The standard InChI is InChI=1S/C14H14ClNO3S/c1-2-3-6-19-12-5-4-9(15)7-10(12)13-16-11(8-20-13)14(17)18/h4-5,7-8H,2-3,6H2,1H3,(H,17,18). The van der Waals surface area contributed by atoms with Crippen LogP contribution < -0.4 is 4.74 Å². The smallest absolute Gasteiger partial charge is 0.355 e. The highest BCUT2D eigenvalue weighted by Crippen LogP contribution is 2.34. The average Bonchev–Trinajstić information content (AvgIpc) is 2.90. The van der Waals surface area contributed by atoms with E-state index in [4.69, 9.17) is 21.4 Å². The zero-order chi connectivity index (χ0) is 14.5. The Balaban J connectivity index is 2.32. The Morgan fingerprint density at radius 3 is 2.95 bits per heavy atom. The summed E-state index contributed by atoms with van der Waals surface area (Å²) in [6.45, 7) is 2.70. The lowest BCUT2D eigenvalue weighted by Gasteiger charge is -2.09. The van der Waals surface area contributed by atoms with Crippen molar-refractivity contribution in [3.63, 3.8) is 0 Å². The quantitative estimate of drug-likeness (QED) is 0.806. The van der Waals surface area contributed by atoms with Gasteiger partial charge in [-0.1, -0.05) is 24.9 Å². The minimum atomic E-state index is -1.04. The maximum atomic E-state index is 10.9. The maximum Gasteiger partial charge on any atom is 0.355 e. The van der Waals surface area contributed by atoms with Crippen LogP contribution in [0, 0.1) is 0 Å². The summed E-state index contributed by atoms with van der Waals surface area (Å²) in [6, 6.07) is 5.28. The topological polar surface area (TPSA) is 59.4 Å². The largest absolute Gasteiger partial charge is 0.493 e. The van der Waals surface area contributed by atoms with E-state index in [0.717, 1.165) is 18.4 Å². The Labute approximate surface area is 126 Å². The Hall–Kier alpha value is -1.59. The number of thiazole rings is 1. The molecule has 2 rings (SSSR count). The Morgan fingerprint density at radius 2 is 2.30 bits per heavy atom. The zero-order valence-electron chi connectivity index (χ0n) is 10.9. The Bertz CT molecular complexity index is 612. The van der Waals surface area contributed by atoms with Gasteiger partial charge in [0.1, 0.15) is 10.8 Å². The molecule has 0 fully saturated rings. The molecule has 6 heteroatoms. The molecular weight excluding hydrogens is 298 g/mol. The van der Waals surface area contributed by atoms with Crippen LogP contribution in [0.5, 0.6) is 5.75 Å². The summed E-state index contributed by atoms with van der Waals surface area (Å²) >= 11 is 7.26. The average molecular weight is 312 g/mol. The number of ether oxygens (including phenoxy) is 1. The summed E-state index contributed by atoms with van der Waals surface area (Å²) in [4.78, 5) is 15.0. The number of halogens is 1. The third-order valence-corrected chi connectivity index (χ3v) is 3.76. The lowest BCUT2D eigenvalue weighted by molar-refractivity contribution is 0.0691. The molecule has 0 atom stereocenters. The SMILES string of the molecule is CCCCOc1ccc(Cl)cc1-c1nc(C(=O)O)cs1. The van der Waals surface area contributed by atoms with Crippen molar-refractivity contribution in [3.8, 4) is 16.3 Å². The fourth-order valence-electron chi connectivity index (χ4n) is 1.62. The first-order valence-corrected chi connectivity index (χ1v) is 7.49. The van der Waals surface area contributed by atoms with Crippen LogP contribution in [0.4, 0.5) is 0 Å². The number of aromatic carboxylic acids is 1. The fourth-order valence-corrected chi connectivity index (χ4v) is 2.60. The molecule has 1 N–H and O–H groups in total. The molecule has 4 nitrogen and oxygen atoms in total. The van der Waals surface area contributed by atoms with Crippen molar-refractivity contribution in [1.82, 2.24) is 4.98 Å². The number of unbranched alkanes of at least 4 members (excludes halogenated alkanes) is 1. The molecule has 0 saturated heterocycles. The van der Waals surface area contributed by atoms with Crippen LogP contribution >= 0.6 is 22.9 Å². The Kier molecular flexibility index (Phi) is 4.98. The third kappa shape index (κ3) is 3.49. The van der Waals surface area contributed by atoms with E-state index in [2.05, 4.69) is 11.9 Å². The molecule has 1 aromatic heterocycles. The number of carbonyl (C=O) groups is 1. The van der Waals surface area contributed by atoms with E-state index in [9.17, 15) is 4.79 Å². The van der Waals surface area contributed by atoms with E-state index in [-0.39, 0.29) is 5.69 Å². The number of hydrogen-bond acceptors (Lipinski definition) is 4. The zero-order valence-corrected chi connectivity index (χ0v) is 12.5. The van der Waals surface area contributed by atoms with E-state index >= 15 is 0 Å². The van der Waals surface area contributed by atoms with E-state index in [1.54, 1.807) is 18.2 Å². The summed E-state index contributed by atoms with van der Waals surface area (Å²) in [5.74, 6) is -0.364. The van der Waals surface area contributed by atoms with Gasteiger partial charge in [-0.15, -0.1) is 11.3 Å². The predicted molar refractivity (Wildman–Crippen MR) is 79.9 cm³/mol. The molecule has 106 valence electrons. The van der Waals surface area contributed by atoms with Crippen LogP contribution in [-0.2, 0) is 0 Å². The molecule has 1 aromatic carbocycles. The van der Waals surface area contributed by atoms with E-state index in [1.165, 1.54) is 16.7 Å². The second kappa shape index (κ2) is 6.72. The fraction of sp³-hybridized carbons (Fsp3) is 0.286. The number of rotatable bonds is 6. The van der Waals surface area contributed by atoms with E-state index in [1.807, 2.05) is 0 Å². The van der Waals surface area contributed by atoms with Crippen LogP contribution in [0.2, 0.25) is 5.02 Å². The molecule has 20 heavy (non-hydrogen) atoms. The first-order valence-electron chi connectivity index (χ1n) is 6.23. The molecule has 0 radical (unpaired) electrons. The maximum absolute atomic E-state index is 10.9. The molecule has 0 bridgehead atoms. The number of nitrogens with zero attached hydrogens (tertiary/aromatic N) is 1. The molecule has 1 heterocycles. The minimum absolute atomic E-state index is 0.0319. The van der Waals surface area contributed by atoms with Gasteiger partial charge in [0.15, 0.2) is 5.69 Å². The van der Waals surface area contributed by atoms with E-state index in [0.29, 0.717) is 22.4 Å². The van der Waals surface area contributed by atoms with Crippen molar-refractivity contribution in [3.05, 3.63) is 34.3 Å². The highest BCUT2D eigenvalue weighted by atomic mass is 35.5. The molecular formula is C14H14ClNO3S. The second-order valence-corrected chi connectivity index (χ2v) is 5.48. The molecule has 0 spiro atoms. The lowest BCUT2D eigenvalue weighted by Crippen LogP contribution is -1.99. The van der Waals surface area contributed by atoms with Crippen LogP contribution in [0.15, 0.2) is 23.6 Å². The third-order valence-electron chi connectivity index (χ3n) is 2.65. The monoisotopic (exact) mass is 311 g/mol. The van der Waals surface area contributed by atoms with Crippen LogP contribution in [0.3, 0.4) is 0 Å². The highest BCUT2D eigenvalue weighted by molar-refractivity contribution is 7.13. The molecule has 0 aliphatic heterocycles. The number of hydrogen-bond donors (Lipinski definition) is 1. The van der Waals surface area contributed by atoms with Crippen LogP contribution in [0.1, 0.15) is 30.3 Å². The first kappa shape index (κ1) is 14.8. The molecule has 0 saturated carbocycles. The lowest BCUT2D eigenvalue weighted by atomic mass is 10.2. The molecule has 0 aliphatic carbocycles. The van der Waals surface area contributed by atoms with Gasteiger partial charge in [-0.05, 0) is 24.6 Å². The van der Waals surface area contributed by atoms with Gasteiger partial charge < -0.3 is 9.84 Å². The molecule has 0 amide bonds. The van der Waals surface area contributed by atoms with Crippen LogP contribution in [0.25, 0.3) is 10.6 Å². The summed E-state index contributed by atoms with van der Waals surface area (Å²) in [7, 11) is 0.